The number of nitrogens with two attached hydrogens (primary N) is 1. The zero-order valence-electron chi connectivity index (χ0n) is 9.74. The third kappa shape index (κ3) is 3.49. The molecule has 2 aromatic rings. The highest BCUT2D eigenvalue weighted by Crippen LogP contribution is 2.04. The van der Waals surface area contributed by atoms with Gasteiger partial charge in [-0.1, -0.05) is 6.07 Å². The fraction of sp³-hybridized carbons (Fsp3) is 0.250. The minimum absolute atomic E-state index is 0.504. The molecule has 2 aromatic heterocycles. The Bertz CT molecular complexity index is 471. The zero-order chi connectivity index (χ0) is 12.1. The van der Waals surface area contributed by atoms with Gasteiger partial charge in [0.25, 0.3) is 0 Å². The number of nitrogen functional groups attached to an aromatic ring is 1. The highest BCUT2D eigenvalue weighted by molar-refractivity contribution is 5.25. The second-order valence-corrected chi connectivity index (χ2v) is 3.93. The number of rotatable bonds is 4. The molecule has 0 aliphatic carbocycles. The van der Waals surface area contributed by atoms with Crippen LogP contribution in [0.4, 0.5) is 5.82 Å². The molecule has 5 nitrogen and oxygen atoms in total. The van der Waals surface area contributed by atoms with Gasteiger partial charge in [0.1, 0.15) is 11.6 Å². The summed E-state index contributed by atoms with van der Waals surface area (Å²) in [4.78, 5) is 14.5. The Morgan fingerprint density at radius 3 is 2.82 bits per heavy atom. The van der Waals surface area contributed by atoms with Gasteiger partial charge in [-0.25, -0.2) is 9.97 Å². The first-order valence-electron chi connectivity index (χ1n) is 5.39. The van der Waals surface area contributed by atoms with Gasteiger partial charge in [-0.2, -0.15) is 0 Å². The fourth-order valence-electron chi connectivity index (χ4n) is 1.59. The van der Waals surface area contributed by atoms with Gasteiger partial charge in [0.05, 0.1) is 6.54 Å². The van der Waals surface area contributed by atoms with Crippen molar-refractivity contribution in [2.45, 2.75) is 13.1 Å². The zero-order valence-corrected chi connectivity index (χ0v) is 9.74. The van der Waals surface area contributed by atoms with Gasteiger partial charge in [0, 0.05) is 25.1 Å². The van der Waals surface area contributed by atoms with E-state index in [1.807, 2.05) is 25.4 Å². The van der Waals surface area contributed by atoms with Gasteiger partial charge >= 0.3 is 0 Å². The normalized spacial score (nSPS) is 10.7. The molecular weight excluding hydrogens is 214 g/mol. The molecule has 0 fully saturated rings. The third-order valence-corrected chi connectivity index (χ3v) is 2.31. The minimum atomic E-state index is 0.504. The second-order valence-electron chi connectivity index (χ2n) is 3.93. The van der Waals surface area contributed by atoms with Crippen LogP contribution in [0.15, 0.2) is 36.8 Å². The molecule has 2 heterocycles. The Morgan fingerprint density at radius 2 is 2.12 bits per heavy atom. The summed E-state index contributed by atoms with van der Waals surface area (Å²) >= 11 is 0. The molecule has 0 amide bonds. The smallest absolute Gasteiger partial charge is 0.144 e. The number of anilines is 1. The van der Waals surface area contributed by atoms with Gasteiger partial charge < -0.3 is 5.73 Å². The molecule has 0 aromatic carbocycles. The van der Waals surface area contributed by atoms with Crippen LogP contribution in [0.2, 0.25) is 0 Å². The average molecular weight is 229 g/mol. The highest BCUT2D eigenvalue weighted by atomic mass is 15.1. The molecule has 5 heteroatoms. The maximum Gasteiger partial charge on any atom is 0.144 e. The van der Waals surface area contributed by atoms with E-state index in [1.54, 1.807) is 18.5 Å². The summed E-state index contributed by atoms with van der Waals surface area (Å²) in [5.74, 6) is 1.24. The number of aromatic nitrogens is 3. The Balaban J connectivity index is 1.96. The van der Waals surface area contributed by atoms with Crippen molar-refractivity contribution in [1.29, 1.82) is 0 Å². The van der Waals surface area contributed by atoms with E-state index < -0.39 is 0 Å². The van der Waals surface area contributed by atoms with Crippen LogP contribution in [0.3, 0.4) is 0 Å². The van der Waals surface area contributed by atoms with E-state index in [2.05, 4.69) is 19.9 Å². The lowest BCUT2D eigenvalue weighted by molar-refractivity contribution is 0.310. The van der Waals surface area contributed by atoms with Crippen LogP contribution in [0.25, 0.3) is 0 Å². The summed E-state index contributed by atoms with van der Waals surface area (Å²) in [5, 5.41) is 0. The largest absolute Gasteiger partial charge is 0.384 e. The van der Waals surface area contributed by atoms with Crippen molar-refractivity contribution in [3.63, 3.8) is 0 Å². The Hall–Kier alpha value is -2.01. The first-order chi connectivity index (χ1) is 8.24. The maximum absolute atomic E-state index is 5.61. The summed E-state index contributed by atoms with van der Waals surface area (Å²) in [5.41, 5.74) is 6.77. The first-order valence-corrected chi connectivity index (χ1v) is 5.39. The molecule has 0 bridgehead atoms. The number of nitrogens with zero attached hydrogens (tertiary/aromatic N) is 4. The molecule has 17 heavy (non-hydrogen) atoms. The van der Waals surface area contributed by atoms with Crippen molar-refractivity contribution in [3.05, 3.63) is 48.2 Å². The van der Waals surface area contributed by atoms with Crippen molar-refractivity contribution >= 4 is 5.82 Å². The van der Waals surface area contributed by atoms with Crippen molar-refractivity contribution in [2.24, 2.45) is 0 Å². The van der Waals surface area contributed by atoms with Gasteiger partial charge in [0.2, 0.25) is 0 Å². The van der Waals surface area contributed by atoms with E-state index >= 15 is 0 Å². The summed E-state index contributed by atoms with van der Waals surface area (Å²) in [6.07, 6.45) is 5.30. The van der Waals surface area contributed by atoms with E-state index in [9.17, 15) is 0 Å². The maximum atomic E-state index is 5.61. The Labute approximate surface area is 100 Å². The monoisotopic (exact) mass is 229 g/mol. The van der Waals surface area contributed by atoms with Gasteiger partial charge in [-0.05, 0) is 24.7 Å². The Kier molecular flexibility index (Phi) is 3.62. The van der Waals surface area contributed by atoms with E-state index in [0.717, 1.165) is 12.4 Å². The van der Waals surface area contributed by atoms with Crippen LogP contribution >= 0.6 is 0 Å². The third-order valence-electron chi connectivity index (χ3n) is 2.31. The van der Waals surface area contributed by atoms with Gasteiger partial charge in [0.15, 0.2) is 0 Å². The number of hydrogen-bond acceptors (Lipinski definition) is 5. The van der Waals surface area contributed by atoms with E-state index in [-0.39, 0.29) is 0 Å². The van der Waals surface area contributed by atoms with E-state index in [4.69, 9.17) is 5.73 Å². The number of hydrogen-bond donors (Lipinski definition) is 1. The van der Waals surface area contributed by atoms with Crippen LogP contribution < -0.4 is 5.73 Å². The summed E-state index contributed by atoms with van der Waals surface area (Å²) in [7, 11) is 2.01. The summed E-state index contributed by atoms with van der Waals surface area (Å²) in [6, 6.07) is 5.66. The first kappa shape index (κ1) is 11.5. The minimum Gasteiger partial charge on any atom is -0.384 e. The lowest BCUT2D eigenvalue weighted by atomic mass is 10.3. The lowest BCUT2D eigenvalue weighted by Crippen LogP contribution is -2.19. The molecule has 0 spiro atoms. The standard InChI is InChI=1S/C12H15N5/c1-17(8-10-3-2-5-14-7-10)9-12-15-6-4-11(13)16-12/h2-7H,8-9H2,1H3,(H2,13,15,16). The molecule has 88 valence electrons. The van der Waals surface area contributed by atoms with Crippen molar-refractivity contribution in [2.75, 3.05) is 12.8 Å². The van der Waals surface area contributed by atoms with E-state index in [0.29, 0.717) is 12.4 Å². The highest BCUT2D eigenvalue weighted by Gasteiger charge is 2.04. The van der Waals surface area contributed by atoms with Crippen molar-refractivity contribution in [3.8, 4) is 0 Å². The predicted molar refractivity (Wildman–Crippen MR) is 65.9 cm³/mol. The molecule has 2 N–H and O–H groups in total. The molecule has 0 unspecified atom stereocenters. The number of pyridine rings is 1. The van der Waals surface area contributed by atoms with Crippen LogP contribution in [0, 0.1) is 0 Å². The molecule has 0 atom stereocenters. The Morgan fingerprint density at radius 1 is 1.24 bits per heavy atom. The molecule has 0 aliphatic heterocycles. The summed E-state index contributed by atoms with van der Waals surface area (Å²) in [6.45, 7) is 1.48. The summed E-state index contributed by atoms with van der Waals surface area (Å²) < 4.78 is 0. The average Bonchev–Trinajstić information content (AvgIpc) is 2.30. The molecule has 2 rings (SSSR count). The topological polar surface area (TPSA) is 67.9 Å². The van der Waals surface area contributed by atoms with Crippen LogP contribution in [-0.4, -0.2) is 26.9 Å². The fourth-order valence-corrected chi connectivity index (χ4v) is 1.59. The SMILES string of the molecule is CN(Cc1cccnc1)Cc1nccc(N)n1. The lowest BCUT2D eigenvalue weighted by Gasteiger charge is -2.15. The predicted octanol–water partition coefficient (Wildman–Crippen LogP) is 1.09. The molecule has 0 radical (unpaired) electrons. The molecular formula is C12H15N5. The van der Waals surface area contributed by atoms with Crippen molar-refractivity contribution in [1.82, 2.24) is 19.9 Å². The van der Waals surface area contributed by atoms with Crippen molar-refractivity contribution < 1.29 is 0 Å². The van der Waals surface area contributed by atoms with Crippen LogP contribution in [-0.2, 0) is 13.1 Å². The molecule has 0 saturated heterocycles. The van der Waals surface area contributed by atoms with Gasteiger partial charge in [-0.15, -0.1) is 0 Å². The second kappa shape index (κ2) is 5.36. The molecule has 0 saturated carbocycles. The van der Waals surface area contributed by atoms with Crippen LogP contribution in [0.1, 0.15) is 11.4 Å². The van der Waals surface area contributed by atoms with Gasteiger partial charge in [-0.3, -0.25) is 9.88 Å². The van der Waals surface area contributed by atoms with Crippen LogP contribution in [0.5, 0.6) is 0 Å². The molecule has 0 aliphatic rings. The van der Waals surface area contributed by atoms with E-state index in [1.165, 1.54) is 5.56 Å². The quantitative estimate of drug-likeness (QED) is 0.849.